The van der Waals surface area contributed by atoms with Gasteiger partial charge in [-0.15, -0.1) is 0 Å². The largest absolute Gasteiger partial charge is 0.490 e. The summed E-state index contributed by atoms with van der Waals surface area (Å²) < 4.78 is 33.5. The SMILES string of the molecule is CC(CNS(=O)(=O)c1ccc(OC2CCCC2)cc1)N1CCCC1. The van der Waals surface area contributed by atoms with Crippen molar-refractivity contribution in [2.45, 2.75) is 62.5 Å². The molecule has 6 heteroatoms. The number of hydrogen-bond acceptors (Lipinski definition) is 4. The third-order valence-electron chi connectivity index (χ3n) is 5.07. The molecule has 2 fully saturated rings. The van der Waals surface area contributed by atoms with E-state index in [1.165, 1.54) is 25.7 Å². The van der Waals surface area contributed by atoms with Gasteiger partial charge in [0.2, 0.25) is 10.0 Å². The molecule has 1 aliphatic carbocycles. The number of likely N-dealkylation sites (tertiary alicyclic amines) is 1. The fourth-order valence-corrected chi connectivity index (χ4v) is 4.64. The van der Waals surface area contributed by atoms with E-state index in [-0.39, 0.29) is 12.1 Å². The minimum atomic E-state index is -3.46. The molecule has 3 rings (SSSR count). The van der Waals surface area contributed by atoms with Gasteiger partial charge in [0.15, 0.2) is 0 Å². The molecule has 0 bridgehead atoms. The Morgan fingerprint density at radius 2 is 1.75 bits per heavy atom. The van der Waals surface area contributed by atoms with E-state index in [1.807, 2.05) is 0 Å². The summed E-state index contributed by atoms with van der Waals surface area (Å²) in [4.78, 5) is 2.64. The van der Waals surface area contributed by atoms with Crippen LogP contribution in [0.25, 0.3) is 0 Å². The Balaban J connectivity index is 1.55. The number of ether oxygens (including phenoxy) is 1. The van der Waals surface area contributed by atoms with Gasteiger partial charge < -0.3 is 4.74 Å². The standard InChI is InChI=1S/C18H28N2O3S/c1-15(20-12-4-5-13-20)14-19-24(21,22)18-10-8-17(9-11-18)23-16-6-2-3-7-16/h8-11,15-16,19H,2-7,12-14H2,1H3. The maximum atomic E-state index is 12.4. The topological polar surface area (TPSA) is 58.6 Å². The maximum absolute atomic E-state index is 12.4. The van der Waals surface area contributed by atoms with Crippen LogP contribution in [-0.4, -0.2) is 45.1 Å². The monoisotopic (exact) mass is 352 g/mol. The van der Waals surface area contributed by atoms with E-state index in [0.717, 1.165) is 31.7 Å². The Bertz CT molecular complexity index is 618. The normalized spacial score (nSPS) is 21.2. The number of rotatable bonds is 7. The lowest BCUT2D eigenvalue weighted by atomic mass is 10.3. The molecule has 1 aliphatic heterocycles. The van der Waals surface area contributed by atoms with E-state index >= 15 is 0 Å². The van der Waals surface area contributed by atoms with Crippen molar-refractivity contribution in [2.24, 2.45) is 0 Å². The minimum Gasteiger partial charge on any atom is -0.490 e. The highest BCUT2D eigenvalue weighted by Crippen LogP contribution is 2.25. The molecule has 134 valence electrons. The third kappa shape index (κ3) is 4.49. The fourth-order valence-electron chi connectivity index (χ4n) is 3.52. The second-order valence-electron chi connectivity index (χ2n) is 6.94. The van der Waals surface area contributed by atoms with Crippen LogP contribution < -0.4 is 9.46 Å². The third-order valence-corrected chi connectivity index (χ3v) is 6.51. The highest BCUT2D eigenvalue weighted by molar-refractivity contribution is 7.89. The van der Waals surface area contributed by atoms with E-state index in [9.17, 15) is 8.42 Å². The molecule has 24 heavy (non-hydrogen) atoms. The predicted molar refractivity (Wildman–Crippen MR) is 94.8 cm³/mol. The van der Waals surface area contributed by atoms with E-state index < -0.39 is 10.0 Å². The smallest absolute Gasteiger partial charge is 0.240 e. The fraction of sp³-hybridized carbons (Fsp3) is 0.667. The van der Waals surface area contributed by atoms with Crippen LogP contribution in [0.1, 0.15) is 45.4 Å². The molecule has 0 amide bonds. The Morgan fingerprint density at radius 3 is 2.38 bits per heavy atom. The molecule has 1 aromatic carbocycles. The highest BCUT2D eigenvalue weighted by atomic mass is 32.2. The number of benzene rings is 1. The molecule has 1 heterocycles. The molecule has 2 aliphatic rings. The zero-order valence-electron chi connectivity index (χ0n) is 14.4. The molecule has 1 unspecified atom stereocenters. The van der Waals surface area contributed by atoms with Gasteiger partial charge in [-0.05, 0) is 82.8 Å². The second kappa shape index (κ2) is 7.85. The zero-order valence-corrected chi connectivity index (χ0v) is 15.2. The van der Waals surface area contributed by atoms with E-state index in [4.69, 9.17) is 4.74 Å². The van der Waals surface area contributed by atoms with Gasteiger partial charge in [-0.25, -0.2) is 13.1 Å². The first kappa shape index (κ1) is 17.7. The van der Waals surface area contributed by atoms with Crippen LogP contribution >= 0.6 is 0 Å². The Labute approximate surface area is 145 Å². The molecule has 1 N–H and O–H groups in total. The molecule has 1 saturated carbocycles. The van der Waals surface area contributed by atoms with Crippen LogP contribution in [0, 0.1) is 0 Å². The van der Waals surface area contributed by atoms with Crippen LogP contribution in [0.15, 0.2) is 29.2 Å². The van der Waals surface area contributed by atoms with Crippen molar-refractivity contribution in [2.75, 3.05) is 19.6 Å². The van der Waals surface area contributed by atoms with Crippen molar-refractivity contribution in [3.05, 3.63) is 24.3 Å². The van der Waals surface area contributed by atoms with Gasteiger partial charge in [-0.1, -0.05) is 0 Å². The van der Waals surface area contributed by atoms with Crippen LogP contribution in [0.5, 0.6) is 5.75 Å². The van der Waals surface area contributed by atoms with Crippen molar-refractivity contribution >= 4 is 10.0 Å². The number of nitrogens with zero attached hydrogens (tertiary/aromatic N) is 1. The summed E-state index contributed by atoms with van der Waals surface area (Å²) in [6.07, 6.45) is 7.32. The Morgan fingerprint density at radius 1 is 1.12 bits per heavy atom. The Kier molecular flexibility index (Phi) is 5.79. The predicted octanol–water partition coefficient (Wildman–Crippen LogP) is 2.77. The molecule has 1 atom stereocenters. The van der Waals surface area contributed by atoms with Crippen molar-refractivity contribution in [3.63, 3.8) is 0 Å². The molecular weight excluding hydrogens is 324 g/mol. The van der Waals surface area contributed by atoms with Gasteiger partial charge in [-0.2, -0.15) is 0 Å². The van der Waals surface area contributed by atoms with Crippen LogP contribution in [0.2, 0.25) is 0 Å². The highest BCUT2D eigenvalue weighted by Gasteiger charge is 2.21. The minimum absolute atomic E-state index is 0.229. The lowest BCUT2D eigenvalue weighted by molar-refractivity contribution is 0.210. The molecule has 5 nitrogen and oxygen atoms in total. The second-order valence-corrected chi connectivity index (χ2v) is 8.71. The first-order valence-electron chi connectivity index (χ1n) is 9.05. The lowest BCUT2D eigenvalue weighted by Gasteiger charge is -2.23. The van der Waals surface area contributed by atoms with Crippen LogP contribution in [0.4, 0.5) is 0 Å². The van der Waals surface area contributed by atoms with Gasteiger partial charge in [0.25, 0.3) is 0 Å². The number of hydrogen-bond donors (Lipinski definition) is 1. The van der Waals surface area contributed by atoms with Crippen LogP contribution in [0.3, 0.4) is 0 Å². The first-order valence-corrected chi connectivity index (χ1v) is 10.5. The van der Waals surface area contributed by atoms with E-state index in [1.54, 1.807) is 24.3 Å². The average Bonchev–Trinajstić information content (AvgIpc) is 3.27. The van der Waals surface area contributed by atoms with E-state index in [2.05, 4.69) is 16.5 Å². The molecule has 1 aromatic rings. The maximum Gasteiger partial charge on any atom is 0.240 e. The molecular formula is C18H28N2O3S. The molecule has 0 aromatic heterocycles. The van der Waals surface area contributed by atoms with Crippen molar-refractivity contribution in [3.8, 4) is 5.75 Å². The quantitative estimate of drug-likeness (QED) is 0.820. The summed E-state index contributed by atoms with van der Waals surface area (Å²) in [7, 11) is -3.46. The van der Waals surface area contributed by atoms with Gasteiger partial charge in [0, 0.05) is 12.6 Å². The van der Waals surface area contributed by atoms with Crippen LogP contribution in [-0.2, 0) is 10.0 Å². The Hall–Kier alpha value is -1.11. The van der Waals surface area contributed by atoms with Gasteiger partial charge in [-0.3, -0.25) is 4.90 Å². The van der Waals surface area contributed by atoms with Gasteiger partial charge >= 0.3 is 0 Å². The summed E-state index contributed by atoms with van der Waals surface area (Å²) >= 11 is 0. The van der Waals surface area contributed by atoms with Crippen molar-refractivity contribution < 1.29 is 13.2 Å². The average molecular weight is 353 g/mol. The summed E-state index contributed by atoms with van der Waals surface area (Å²) in [6.45, 7) is 4.65. The number of sulfonamides is 1. The summed E-state index contributed by atoms with van der Waals surface area (Å²) in [5.41, 5.74) is 0. The van der Waals surface area contributed by atoms with E-state index in [0.29, 0.717) is 11.4 Å². The van der Waals surface area contributed by atoms with Crippen molar-refractivity contribution in [1.29, 1.82) is 0 Å². The van der Waals surface area contributed by atoms with Gasteiger partial charge in [0.1, 0.15) is 5.75 Å². The molecule has 1 saturated heterocycles. The number of nitrogens with one attached hydrogen (secondary N) is 1. The van der Waals surface area contributed by atoms with Gasteiger partial charge in [0.05, 0.1) is 11.0 Å². The summed E-state index contributed by atoms with van der Waals surface area (Å²) in [5, 5.41) is 0. The van der Waals surface area contributed by atoms with Crippen molar-refractivity contribution in [1.82, 2.24) is 9.62 Å². The summed E-state index contributed by atoms with van der Waals surface area (Å²) in [6, 6.07) is 7.01. The molecule has 0 radical (unpaired) electrons. The zero-order chi connectivity index (χ0) is 17.0. The molecule has 0 spiro atoms. The lowest BCUT2D eigenvalue weighted by Crippen LogP contribution is -2.40. The first-order chi connectivity index (χ1) is 11.5. The summed E-state index contributed by atoms with van der Waals surface area (Å²) in [5.74, 6) is 0.756.